The Labute approximate surface area is 352 Å². The standard InChI is InChI=1S/C41H51F2N9O8S/c1-23(2)32(44-38(55)33(24-10-6-4-7-11-24)45-36(53)26-12-8-5-9-13-26)39(56)51-22-27(52-48-35(47-50-52)25-14-16-28(60-3)17-15-25)20-31(51)37(54)46-41(21-30(41)34(42)43)40(57)49-61(58,59)29-18-19-29/h5,8-9,12-17,23-24,27,29-34H,4,6-7,10-11,18-22H2,1-3H3,(H,44,55)(H,45,53)(H,46,54)(H,49,57)/t27-,30+,31?,32+,33+,41-/m1/s1. The summed E-state index contributed by atoms with van der Waals surface area (Å²) in [5, 5.41) is 20.3. The number of rotatable bonds is 16. The van der Waals surface area contributed by atoms with Gasteiger partial charge in [0.15, 0.2) is 0 Å². The highest BCUT2D eigenvalue weighted by Gasteiger charge is 2.67. The van der Waals surface area contributed by atoms with E-state index >= 15 is 0 Å². The number of methoxy groups -OCH3 is 1. The van der Waals surface area contributed by atoms with Gasteiger partial charge in [0.2, 0.25) is 40.0 Å². The zero-order chi connectivity index (χ0) is 43.6. The maximum atomic E-state index is 14.8. The molecule has 2 aromatic carbocycles. The van der Waals surface area contributed by atoms with Crippen LogP contribution < -0.4 is 25.4 Å². The first-order chi connectivity index (χ1) is 29.1. The molecule has 1 unspecified atom stereocenters. The molecule has 0 radical (unpaired) electrons. The molecule has 61 heavy (non-hydrogen) atoms. The number of aromatic nitrogens is 4. The summed E-state index contributed by atoms with van der Waals surface area (Å²) in [5.74, 6) is -5.54. The second-order valence-corrected chi connectivity index (χ2v) is 18.7. The lowest BCUT2D eigenvalue weighted by molar-refractivity contribution is -0.143. The Hall–Kier alpha value is -5.53. The van der Waals surface area contributed by atoms with E-state index in [-0.39, 0.29) is 24.7 Å². The van der Waals surface area contributed by atoms with Crippen LogP contribution in [0.5, 0.6) is 5.75 Å². The molecule has 3 saturated carbocycles. The van der Waals surface area contributed by atoms with Crippen molar-refractivity contribution in [3.05, 3.63) is 60.2 Å². The Bertz CT molecular complexity index is 2220. The Morgan fingerprint density at radius 3 is 2.21 bits per heavy atom. The summed E-state index contributed by atoms with van der Waals surface area (Å²) in [5.41, 5.74) is -1.28. The van der Waals surface area contributed by atoms with Crippen molar-refractivity contribution in [1.82, 2.24) is 45.8 Å². The van der Waals surface area contributed by atoms with E-state index in [0.29, 0.717) is 42.6 Å². The van der Waals surface area contributed by atoms with Gasteiger partial charge in [-0.15, -0.1) is 10.2 Å². The minimum Gasteiger partial charge on any atom is -0.497 e. The van der Waals surface area contributed by atoms with E-state index in [1.165, 1.54) is 16.8 Å². The summed E-state index contributed by atoms with van der Waals surface area (Å²) in [7, 11) is -2.63. The molecule has 4 fully saturated rings. The van der Waals surface area contributed by atoms with Gasteiger partial charge in [0.25, 0.3) is 11.8 Å². The van der Waals surface area contributed by atoms with Gasteiger partial charge in [0.1, 0.15) is 29.4 Å². The number of amides is 5. The van der Waals surface area contributed by atoms with Crippen LogP contribution in [0, 0.1) is 17.8 Å². The molecule has 4 aliphatic rings. The summed E-state index contributed by atoms with van der Waals surface area (Å²) in [6.07, 6.45) is 0.967. The number of hydrogen-bond donors (Lipinski definition) is 4. The maximum Gasteiger partial charge on any atom is 0.259 e. The first-order valence-electron chi connectivity index (χ1n) is 20.7. The Kier molecular flexibility index (Phi) is 12.7. The molecule has 0 spiro atoms. The molecule has 1 aliphatic heterocycles. The van der Waals surface area contributed by atoms with Gasteiger partial charge in [-0.05, 0) is 85.6 Å². The first-order valence-corrected chi connectivity index (χ1v) is 22.2. The monoisotopic (exact) mass is 867 g/mol. The summed E-state index contributed by atoms with van der Waals surface area (Å²) in [6, 6.07) is 11.0. The van der Waals surface area contributed by atoms with Crippen molar-refractivity contribution >= 4 is 39.6 Å². The van der Waals surface area contributed by atoms with Gasteiger partial charge in [-0.1, -0.05) is 51.3 Å². The van der Waals surface area contributed by atoms with Crippen LogP contribution in [0.4, 0.5) is 8.78 Å². The third kappa shape index (κ3) is 9.53. The molecule has 17 nitrogen and oxygen atoms in total. The van der Waals surface area contributed by atoms with Crippen LogP contribution >= 0.6 is 0 Å². The number of carbonyl (C=O) groups excluding carboxylic acids is 5. The van der Waals surface area contributed by atoms with Crippen LogP contribution in [0.2, 0.25) is 0 Å². The molecule has 0 bridgehead atoms. The van der Waals surface area contributed by atoms with Gasteiger partial charge in [-0.3, -0.25) is 28.7 Å². The molecule has 2 heterocycles. The predicted molar refractivity (Wildman–Crippen MR) is 215 cm³/mol. The lowest BCUT2D eigenvalue weighted by atomic mass is 9.83. The molecule has 20 heteroatoms. The molecule has 328 valence electrons. The van der Waals surface area contributed by atoms with Crippen molar-refractivity contribution in [3.63, 3.8) is 0 Å². The number of nitrogens with zero attached hydrogens (tertiary/aromatic N) is 5. The van der Waals surface area contributed by atoms with Gasteiger partial charge >= 0.3 is 0 Å². The topological polar surface area (TPSA) is 224 Å². The van der Waals surface area contributed by atoms with Gasteiger partial charge in [-0.25, -0.2) is 17.2 Å². The summed E-state index contributed by atoms with van der Waals surface area (Å²) in [4.78, 5) is 72.7. The van der Waals surface area contributed by atoms with Crippen molar-refractivity contribution in [2.75, 3.05) is 13.7 Å². The van der Waals surface area contributed by atoms with E-state index in [1.54, 1.807) is 68.4 Å². The van der Waals surface area contributed by atoms with Gasteiger partial charge in [0, 0.05) is 24.1 Å². The smallest absolute Gasteiger partial charge is 0.259 e. The zero-order valence-corrected chi connectivity index (χ0v) is 34.9. The molecule has 1 aromatic heterocycles. The maximum absolute atomic E-state index is 14.8. The average molecular weight is 868 g/mol. The molecular formula is C41H51F2N9O8S. The second-order valence-electron chi connectivity index (χ2n) is 16.8. The number of benzene rings is 2. The lowest BCUT2D eigenvalue weighted by Crippen LogP contribution is -2.61. The van der Waals surface area contributed by atoms with E-state index < -0.39 is 99.2 Å². The number of likely N-dealkylation sites (tertiary alicyclic amines) is 1. The number of nitrogens with one attached hydrogen (secondary N) is 4. The van der Waals surface area contributed by atoms with E-state index in [4.69, 9.17) is 4.74 Å². The van der Waals surface area contributed by atoms with E-state index in [9.17, 15) is 41.2 Å². The minimum atomic E-state index is -4.16. The van der Waals surface area contributed by atoms with Gasteiger partial charge < -0.3 is 25.6 Å². The molecule has 4 N–H and O–H groups in total. The number of halogens is 2. The highest BCUT2D eigenvalue weighted by molar-refractivity contribution is 7.91. The number of carbonyl (C=O) groups is 5. The third-order valence-corrected chi connectivity index (χ3v) is 14.0. The largest absolute Gasteiger partial charge is 0.497 e. The van der Waals surface area contributed by atoms with Gasteiger partial charge in [0.05, 0.1) is 24.3 Å². The van der Waals surface area contributed by atoms with Crippen molar-refractivity contribution in [2.45, 2.75) is 113 Å². The Morgan fingerprint density at radius 2 is 1.61 bits per heavy atom. The summed E-state index contributed by atoms with van der Waals surface area (Å²) >= 11 is 0. The molecule has 6 atom stereocenters. The van der Waals surface area contributed by atoms with Crippen LogP contribution in [0.1, 0.15) is 88.0 Å². The summed E-state index contributed by atoms with van der Waals surface area (Å²) < 4.78 is 61.0. The molecule has 7 rings (SSSR count). The van der Waals surface area contributed by atoms with Crippen molar-refractivity contribution < 1.29 is 45.9 Å². The Balaban J connectivity index is 1.16. The first kappa shape index (κ1) is 43.6. The molecule has 3 aromatic rings. The molecule has 3 aliphatic carbocycles. The van der Waals surface area contributed by atoms with Crippen LogP contribution in [0.25, 0.3) is 11.4 Å². The van der Waals surface area contributed by atoms with Gasteiger partial charge in [-0.2, -0.15) is 4.80 Å². The number of alkyl halides is 2. The fourth-order valence-electron chi connectivity index (χ4n) is 8.36. The molecule has 5 amide bonds. The molecular weight excluding hydrogens is 817 g/mol. The van der Waals surface area contributed by atoms with Crippen LogP contribution in [0.3, 0.4) is 0 Å². The number of ether oxygens (including phenoxy) is 1. The van der Waals surface area contributed by atoms with Crippen molar-refractivity contribution in [3.8, 4) is 17.1 Å². The summed E-state index contributed by atoms with van der Waals surface area (Å²) in [6.45, 7) is 3.24. The number of sulfonamides is 1. The number of hydrogen-bond acceptors (Lipinski definition) is 11. The fourth-order valence-corrected chi connectivity index (χ4v) is 9.73. The minimum absolute atomic E-state index is 0.149. The normalized spacial score (nSPS) is 23.9. The lowest BCUT2D eigenvalue weighted by Gasteiger charge is -2.34. The number of tetrazole rings is 1. The van der Waals surface area contributed by atoms with E-state index in [1.807, 2.05) is 4.72 Å². The van der Waals surface area contributed by atoms with Crippen LogP contribution in [-0.2, 0) is 29.2 Å². The highest BCUT2D eigenvalue weighted by atomic mass is 32.2. The zero-order valence-electron chi connectivity index (χ0n) is 34.1. The van der Waals surface area contributed by atoms with E-state index in [2.05, 4.69) is 31.4 Å². The average Bonchev–Trinajstić information content (AvgIpc) is 4.14. The van der Waals surface area contributed by atoms with Crippen molar-refractivity contribution in [1.29, 1.82) is 0 Å². The quantitative estimate of drug-likeness (QED) is 0.164. The third-order valence-electron chi connectivity index (χ3n) is 12.2. The fraction of sp³-hybridized carbons (Fsp3) is 0.561. The highest BCUT2D eigenvalue weighted by Crippen LogP contribution is 2.48. The Morgan fingerprint density at radius 1 is 0.918 bits per heavy atom. The molecule has 1 saturated heterocycles. The van der Waals surface area contributed by atoms with Crippen LogP contribution in [-0.4, -0.2) is 112 Å². The van der Waals surface area contributed by atoms with Crippen molar-refractivity contribution in [2.24, 2.45) is 17.8 Å². The predicted octanol–water partition coefficient (Wildman–Crippen LogP) is 2.76. The van der Waals surface area contributed by atoms with E-state index in [0.717, 1.165) is 19.3 Å². The second kappa shape index (κ2) is 17.8. The SMILES string of the molecule is COc1ccc(-c2nnn([C@@H]3CC(C(=O)N[C@]4(C(=O)NS(=O)(=O)C5CC5)C[C@H]4C(F)F)N(C(=O)[C@@H](NC(=O)[C@@H](NC(=O)c4ccccc4)C4CCCCC4)C(C)C)C3)n2)cc1. The van der Waals surface area contributed by atoms with Crippen LogP contribution in [0.15, 0.2) is 54.6 Å².